The van der Waals surface area contributed by atoms with E-state index in [1.165, 1.54) is 29.7 Å². The highest BCUT2D eigenvalue weighted by atomic mass is 35.5. The summed E-state index contributed by atoms with van der Waals surface area (Å²) in [5.41, 5.74) is 1.62. The topological polar surface area (TPSA) is 55.4 Å². The fourth-order valence-corrected chi connectivity index (χ4v) is 3.99. The maximum atomic E-state index is 12.1. The van der Waals surface area contributed by atoms with Gasteiger partial charge in [0.1, 0.15) is 5.00 Å². The Morgan fingerprint density at radius 1 is 1.29 bits per heavy atom. The second-order valence-electron chi connectivity index (χ2n) is 5.10. The molecule has 0 aromatic carbocycles. The third-order valence-electron chi connectivity index (χ3n) is 3.60. The molecule has 1 heterocycles. The van der Waals surface area contributed by atoms with Crippen molar-refractivity contribution in [3.63, 3.8) is 0 Å². The SMILES string of the molecule is COC(=O)c1c(NC(=O)CCCCl)sc2c1CCCCC2. The van der Waals surface area contributed by atoms with Crippen LogP contribution in [0.4, 0.5) is 5.00 Å². The highest BCUT2D eigenvalue weighted by Crippen LogP contribution is 2.38. The zero-order valence-corrected chi connectivity index (χ0v) is 13.7. The molecule has 2 rings (SSSR count). The van der Waals surface area contributed by atoms with Crippen molar-refractivity contribution >= 4 is 39.8 Å². The molecule has 1 aromatic rings. The summed E-state index contributed by atoms with van der Waals surface area (Å²) in [6, 6.07) is 0. The molecule has 1 aliphatic carbocycles. The number of anilines is 1. The van der Waals surface area contributed by atoms with Crippen molar-refractivity contribution in [2.24, 2.45) is 0 Å². The molecular formula is C15H20ClNO3S. The summed E-state index contributed by atoms with van der Waals surface area (Å²) in [6.07, 6.45) is 6.24. The molecule has 4 nitrogen and oxygen atoms in total. The van der Waals surface area contributed by atoms with Gasteiger partial charge in [0, 0.05) is 17.2 Å². The second kappa shape index (κ2) is 7.80. The predicted molar refractivity (Wildman–Crippen MR) is 85.5 cm³/mol. The molecule has 0 saturated carbocycles. The van der Waals surface area contributed by atoms with E-state index < -0.39 is 0 Å². The average molecular weight is 330 g/mol. The Kier molecular flexibility index (Phi) is 6.06. The second-order valence-corrected chi connectivity index (χ2v) is 6.58. The molecule has 1 aliphatic rings. The maximum Gasteiger partial charge on any atom is 0.341 e. The first kappa shape index (κ1) is 16.3. The number of hydrogen-bond donors (Lipinski definition) is 1. The summed E-state index contributed by atoms with van der Waals surface area (Å²) in [5.74, 6) is -0.00246. The van der Waals surface area contributed by atoms with E-state index in [0.717, 1.165) is 31.2 Å². The third kappa shape index (κ3) is 3.98. The van der Waals surface area contributed by atoms with Gasteiger partial charge in [0.05, 0.1) is 12.7 Å². The largest absolute Gasteiger partial charge is 0.465 e. The van der Waals surface area contributed by atoms with E-state index in [9.17, 15) is 9.59 Å². The van der Waals surface area contributed by atoms with E-state index >= 15 is 0 Å². The summed E-state index contributed by atoms with van der Waals surface area (Å²) in [7, 11) is 1.38. The lowest BCUT2D eigenvalue weighted by molar-refractivity contribution is -0.116. The molecule has 0 radical (unpaired) electrons. The number of methoxy groups -OCH3 is 1. The number of hydrogen-bond acceptors (Lipinski definition) is 4. The van der Waals surface area contributed by atoms with Crippen LogP contribution in [0.25, 0.3) is 0 Å². The quantitative estimate of drug-likeness (QED) is 0.508. The van der Waals surface area contributed by atoms with Crippen LogP contribution in [0.1, 0.15) is 52.9 Å². The first-order valence-electron chi connectivity index (χ1n) is 7.26. The lowest BCUT2D eigenvalue weighted by Gasteiger charge is -2.07. The Hall–Kier alpha value is -1.07. The molecule has 6 heteroatoms. The van der Waals surface area contributed by atoms with Gasteiger partial charge in [-0.25, -0.2) is 4.79 Å². The minimum absolute atomic E-state index is 0.0998. The first-order valence-corrected chi connectivity index (χ1v) is 8.61. The molecule has 0 aliphatic heterocycles. The van der Waals surface area contributed by atoms with Gasteiger partial charge in [0.15, 0.2) is 0 Å². The summed E-state index contributed by atoms with van der Waals surface area (Å²) in [5, 5.41) is 3.49. The van der Waals surface area contributed by atoms with Gasteiger partial charge in [0.2, 0.25) is 5.91 Å². The normalized spacial score (nSPS) is 14.2. The van der Waals surface area contributed by atoms with Crippen LogP contribution in [-0.4, -0.2) is 24.9 Å². The van der Waals surface area contributed by atoms with Gasteiger partial charge in [-0.2, -0.15) is 0 Å². The van der Waals surface area contributed by atoms with Crippen LogP contribution >= 0.6 is 22.9 Å². The number of nitrogens with one attached hydrogen (secondary N) is 1. The van der Waals surface area contributed by atoms with Gasteiger partial charge in [-0.1, -0.05) is 6.42 Å². The van der Waals surface area contributed by atoms with Gasteiger partial charge in [-0.15, -0.1) is 22.9 Å². The number of fused-ring (bicyclic) bond motifs is 1. The lowest BCUT2D eigenvalue weighted by Crippen LogP contribution is -2.14. The lowest BCUT2D eigenvalue weighted by atomic mass is 10.1. The Morgan fingerprint density at radius 3 is 2.76 bits per heavy atom. The van der Waals surface area contributed by atoms with Crippen molar-refractivity contribution < 1.29 is 14.3 Å². The fraction of sp³-hybridized carbons (Fsp3) is 0.600. The Labute approximate surface area is 133 Å². The van der Waals surface area contributed by atoms with Gasteiger partial charge in [-0.05, 0) is 37.7 Å². The van der Waals surface area contributed by atoms with Gasteiger partial charge in [-0.3, -0.25) is 4.79 Å². The van der Waals surface area contributed by atoms with Crippen molar-refractivity contribution in [3.05, 3.63) is 16.0 Å². The van der Waals surface area contributed by atoms with Crippen LogP contribution in [-0.2, 0) is 22.4 Å². The number of rotatable bonds is 5. The zero-order valence-electron chi connectivity index (χ0n) is 12.2. The van der Waals surface area contributed by atoms with E-state index in [2.05, 4.69) is 5.32 Å². The van der Waals surface area contributed by atoms with Crippen molar-refractivity contribution in [1.82, 2.24) is 0 Å². The molecular weight excluding hydrogens is 310 g/mol. The number of carbonyl (C=O) groups excluding carboxylic acids is 2. The molecule has 0 spiro atoms. The molecule has 21 heavy (non-hydrogen) atoms. The van der Waals surface area contributed by atoms with Gasteiger partial charge < -0.3 is 10.1 Å². The molecule has 0 fully saturated rings. The summed E-state index contributed by atoms with van der Waals surface area (Å²) in [6.45, 7) is 0. The minimum Gasteiger partial charge on any atom is -0.465 e. The monoisotopic (exact) mass is 329 g/mol. The number of alkyl halides is 1. The highest BCUT2D eigenvalue weighted by Gasteiger charge is 2.26. The molecule has 0 saturated heterocycles. The summed E-state index contributed by atoms with van der Waals surface area (Å²) in [4.78, 5) is 25.2. The number of amides is 1. The zero-order chi connectivity index (χ0) is 15.2. The van der Waals surface area contributed by atoms with E-state index in [0.29, 0.717) is 29.3 Å². The van der Waals surface area contributed by atoms with Crippen molar-refractivity contribution in [2.75, 3.05) is 18.3 Å². The van der Waals surface area contributed by atoms with Gasteiger partial charge >= 0.3 is 5.97 Å². The molecule has 0 unspecified atom stereocenters. The Balaban J connectivity index is 2.27. The van der Waals surface area contributed by atoms with E-state index in [-0.39, 0.29) is 11.9 Å². The van der Waals surface area contributed by atoms with E-state index in [1.54, 1.807) is 0 Å². The Morgan fingerprint density at radius 2 is 2.05 bits per heavy atom. The number of halogens is 1. The predicted octanol–water partition coefficient (Wildman–Crippen LogP) is 3.76. The molecule has 1 aromatic heterocycles. The Bertz CT molecular complexity index is 527. The van der Waals surface area contributed by atoms with Crippen molar-refractivity contribution in [1.29, 1.82) is 0 Å². The average Bonchev–Trinajstić information content (AvgIpc) is 2.66. The van der Waals surface area contributed by atoms with Crippen LogP contribution in [0.2, 0.25) is 0 Å². The van der Waals surface area contributed by atoms with Crippen LogP contribution in [0.15, 0.2) is 0 Å². The molecule has 0 atom stereocenters. The van der Waals surface area contributed by atoms with Crippen LogP contribution in [0.3, 0.4) is 0 Å². The van der Waals surface area contributed by atoms with E-state index in [1.807, 2.05) is 0 Å². The maximum absolute atomic E-state index is 12.1. The molecule has 1 amide bonds. The summed E-state index contributed by atoms with van der Waals surface area (Å²) >= 11 is 7.12. The number of ether oxygens (including phenoxy) is 1. The molecule has 1 N–H and O–H groups in total. The van der Waals surface area contributed by atoms with Crippen LogP contribution in [0, 0.1) is 0 Å². The van der Waals surface area contributed by atoms with Crippen molar-refractivity contribution in [2.45, 2.75) is 44.9 Å². The molecule has 116 valence electrons. The number of thiophene rings is 1. The van der Waals surface area contributed by atoms with Crippen LogP contribution in [0.5, 0.6) is 0 Å². The molecule has 0 bridgehead atoms. The first-order chi connectivity index (χ1) is 10.2. The number of esters is 1. The fourth-order valence-electron chi connectivity index (χ4n) is 2.57. The van der Waals surface area contributed by atoms with Crippen molar-refractivity contribution in [3.8, 4) is 0 Å². The van der Waals surface area contributed by atoms with Gasteiger partial charge in [0.25, 0.3) is 0 Å². The standard InChI is InChI=1S/C15H20ClNO3S/c1-20-15(19)13-10-6-3-2-4-7-11(10)21-14(13)17-12(18)8-5-9-16/h2-9H2,1H3,(H,17,18). The third-order valence-corrected chi connectivity index (χ3v) is 5.08. The minimum atomic E-state index is -0.359. The number of aryl methyl sites for hydroxylation is 1. The van der Waals surface area contributed by atoms with Crippen LogP contribution < -0.4 is 5.32 Å². The number of carbonyl (C=O) groups is 2. The highest BCUT2D eigenvalue weighted by molar-refractivity contribution is 7.17. The smallest absolute Gasteiger partial charge is 0.341 e. The van der Waals surface area contributed by atoms with E-state index in [4.69, 9.17) is 16.3 Å². The summed E-state index contributed by atoms with van der Waals surface area (Å²) < 4.78 is 4.90.